The van der Waals surface area contributed by atoms with E-state index < -0.39 is 16.3 Å². The molecule has 0 atom stereocenters. The first-order valence-electron chi connectivity index (χ1n) is 7.45. The summed E-state index contributed by atoms with van der Waals surface area (Å²) in [4.78, 5) is 37.4. The average Bonchev–Trinajstić information content (AvgIpc) is 2.51. The number of nitro groups is 1. The standard InChI is InChI=1S/C16H18N4O5/c1-8(2)7-25-12-4-3-9(5-11(12)20(23)24)15(21)14-10(17)6-13(18)19-16(14)22/h3-6,8H,7H2,1-2H3,(H5,17,18,19,22). The molecule has 0 unspecified atom stereocenters. The molecule has 1 aromatic carbocycles. The number of nitrogen functional groups attached to an aromatic ring is 2. The van der Waals surface area contributed by atoms with E-state index in [1.165, 1.54) is 18.2 Å². The number of benzene rings is 1. The number of carbonyl (C=O) groups excluding carboxylic acids is 1. The van der Waals surface area contributed by atoms with Gasteiger partial charge in [0.25, 0.3) is 5.56 Å². The molecule has 0 aliphatic rings. The van der Waals surface area contributed by atoms with E-state index in [4.69, 9.17) is 16.2 Å². The van der Waals surface area contributed by atoms with E-state index in [1.807, 2.05) is 13.8 Å². The van der Waals surface area contributed by atoms with Crippen molar-refractivity contribution in [3.05, 3.63) is 55.9 Å². The van der Waals surface area contributed by atoms with Crippen LogP contribution in [-0.4, -0.2) is 22.3 Å². The molecule has 25 heavy (non-hydrogen) atoms. The highest BCUT2D eigenvalue weighted by molar-refractivity contribution is 6.12. The van der Waals surface area contributed by atoms with Crippen LogP contribution in [0.5, 0.6) is 5.75 Å². The summed E-state index contributed by atoms with van der Waals surface area (Å²) in [7, 11) is 0. The molecule has 9 heteroatoms. The Morgan fingerprint density at radius 1 is 1.32 bits per heavy atom. The Bertz CT molecular complexity index is 889. The lowest BCUT2D eigenvalue weighted by atomic mass is 10.0. The summed E-state index contributed by atoms with van der Waals surface area (Å²) < 4.78 is 5.40. The number of ether oxygens (including phenoxy) is 1. The number of anilines is 2. The summed E-state index contributed by atoms with van der Waals surface area (Å²) in [5.74, 6) is -0.497. The average molecular weight is 346 g/mol. The topological polar surface area (TPSA) is 154 Å². The third-order valence-electron chi connectivity index (χ3n) is 3.30. The molecule has 0 aliphatic heterocycles. The molecule has 0 spiro atoms. The Morgan fingerprint density at radius 2 is 2.00 bits per heavy atom. The van der Waals surface area contributed by atoms with Gasteiger partial charge in [0.2, 0.25) is 5.78 Å². The van der Waals surface area contributed by atoms with E-state index in [0.717, 1.165) is 6.07 Å². The van der Waals surface area contributed by atoms with Crippen LogP contribution in [0.15, 0.2) is 29.1 Å². The smallest absolute Gasteiger partial charge is 0.311 e. The quantitative estimate of drug-likeness (QED) is 0.408. The lowest BCUT2D eigenvalue weighted by molar-refractivity contribution is -0.385. The van der Waals surface area contributed by atoms with Gasteiger partial charge in [-0.2, -0.15) is 0 Å². The molecule has 0 radical (unpaired) electrons. The lowest BCUT2D eigenvalue weighted by Gasteiger charge is -2.10. The van der Waals surface area contributed by atoms with Crippen LogP contribution in [0.25, 0.3) is 0 Å². The molecule has 0 amide bonds. The zero-order chi connectivity index (χ0) is 18.7. The van der Waals surface area contributed by atoms with E-state index in [0.29, 0.717) is 6.61 Å². The Kier molecular flexibility index (Phi) is 5.06. The fourth-order valence-electron chi connectivity index (χ4n) is 2.16. The summed E-state index contributed by atoms with van der Waals surface area (Å²) in [6.45, 7) is 4.10. The molecule has 0 saturated heterocycles. The van der Waals surface area contributed by atoms with Gasteiger partial charge in [-0.25, -0.2) is 0 Å². The summed E-state index contributed by atoms with van der Waals surface area (Å²) in [5.41, 5.74) is 9.55. The number of ketones is 1. The number of nitrogens with two attached hydrogens (primary N) is 2. The first kappa shape index (κ1) is 18.0. The molecule has 0 fully saturated rings. The molecule has 1 aromatic heterocycles. The SMILES string of the molecule is CC(C)COc1ccc(C(=O)c2c(N)cc(N)[nH]c2=O)cc1[N+](=O)[O-]. The van der Waals surface area contributed by atoms with Crippen LogP contribution >= 0.6 is 0 Å². The lowest BCUT2D eigenvalue weighted by Crippen LogP contribution is -2.22. The maximum atomic E-state index is 12.5. The van der Waals surface area contributed by atoms with Crippen molar-refractivity contribution in [2.24, 2.45) is 5.92 Å². The van der Waals surface area contributed by atoms with Crippen molar-refractivity contribution in [1.29, 1.82) is 0 Å². The maximum absolute atomic E-state index is 12.5. The highest BCUT2D eigenvalue weighted by Gasteiger charge is 2.23. The van der Waals surface area contributed by atoms with Crippen molar-refractivity contribution in [3.63, 3.8) is 0 Å². The summed E-state index contributed by atoms with van der Waals surface area (Å²) in [6.07, 6.45) is 0. The number of carbonyl (C=O) groups is 1. The number of nitrogens with zero attached hydrogens (tertiary/aromatic N) is 1. The predicted octanol–water partition coefficient (Wildman–Crippen LogP) is 1.71. The molecule has 1 heterocycles. The van der Waals surface area contributed by atoms with Gasteiger partial charge in [-0.1, -0.05) is 13.8 Å². The second kappa shape index (κ2) is 7.04. The molecule has 2 aromatic rings. The number of aromatic nitrogens is 1. The highest BCUT2D eigenvalue weighted by atomic mass is 16.6. The van der Waals surface area contributed by atoms with Crippen LogP contribution in [0.4, 0.5) is 17.2 Å². The van der Waals surface area contributed by atoms with E-state index >= 15 is 0 Å². The number of aromatic amines is 1. The predicted molar refractivity (Wildman–Crippen MR) is 92.7 cm³/mol. The number of hydrogen-bond acceptors (Lipinski definition) is 7. The van der Waals surface area contributed by atoms with Crippen molar-refractivity contribution in [3.8, 4) is 5.75 Å². The molecule has 0 saturated carbocycles. The van der Waals surface area contributed by atoms with Crippen LogP contribution in [0.2, 0.25) is 0 Å². The number of H-pyrrole nitrogens is 1. The minimum absolute atomic E-state index is 0.0162. The number of pyridine rings is 1. The first-order valence-corrected chi connectivity index (χ1v) is 7.45. The Morgan fingerprint density at radius 3 is 2.56 bits per heavy atom. The fourth-order valence-corrected chi connectivity index (χ4v) is 2.16. The van der Waals surface area contributed by atoms with Crippen LogP contribution in [-0.2, 0) is 0 Å². The van der Waals surface area contributed by atoms with Crippen molar-refractivity contribution < 1.29 is 14.5 Å². The van der Waals surface area contributed by atoms with Crippen LogP contribution < -0.4 is 21.8 Å². The molecule has 5 N–H and O–H groups in total. The van der Waals surface area contributed by atoms with Crippen LogP contribution in [0.1, 0.15) is 29.8 Å². The normalized spacial score (nSPS) is 10.7. The fraction of sp³-hybridized carbons (Fsp3) is 0.250. The van der Waals surface area contributed by atoms with Gasteiger partial charge in [0.15, 0.2) is 5.75 Å². The highest BCUT2D eigenvalue weighted by Crippen LogP contribution is 2.29. The monoisotopic (exact) mass is 346 g/mol. The zero-order valence-electron chi connectivity index (χ0n) is 13.7. The van der Waals surface area contributed by atoms with Crippen LogP contribution in [0, 0.1) is 16.0 Å². The second-order valence-electron chi connectivity index (χ2n) is 5.86. The van der Waals surface area contributed by atoms with Gasteiger partial charge in [0, 0.05) is 17.7 Å². The van der Waals surface area contributed by atoms with E-state index in [2.05, 4.69) is 4.98 Å². The second-order valence-corrected chi connectivity index (χ2v) is 5.86. The Labute approximate surface area is 142 Å². The van der Waals surface area contributed by atoms with Gasteiger partial charge in [0.1, 0.15) is 11.4 Å². The molecule has 132 valence electrons. The third kappa shape index (κ3) is 3.94. The molecule has 9 nitrogen and oxygen atoms in total. The number of hydrogen-bond donors (Lipinski definition) is 3. The molecular weight excluding hydrogens is 328 g/mol. The van der Waals surface area contributed by atoms with Crippen LogP contribution in [0.3, 0.4) is 0 Å². The van der Waals surface area contributed by atoms with E-state index in [1.54, 1.807) is 0 Å². The van der Waals surface area contributed by atoms with Crippen molar-refractivity contribution in [2.75, 3.05) is 18.1 Å². The van der Waals surface area contributed by atoms with Gasteiger partial charge in [0.05, 0.1) is 17.2 Å². The Balaban J connectivity index is 2.47. The van der Waals surface area contributed by atoms with Crippen molar-refractivity contribution >= 4 is 23.0 Å². The maximum Gasteiger partial charge on any atom is 0.311 e. The molecule has 0 aliphatic carbocycles. The Hall–Kier alpha value is -3.36. The van der Waals surface area contributed by atoms with E-state index in [-0.39, 0.29) is 40.0 Å². The minimum Gasteiger partial charge on any atom is -0.487 e. The first-order chi connectivity index (χ1) is 11.7. The summed E-state index contributed by atoms with van der Waals surface area (Å²) in [6, 6.07) is 4.98. The van der Waals surface area contributed by atoms with Gasteiger partial charge >= 0.3 is 5.69 Å². The van der Waals surface area contributed by atoms with Crippen molar-refractivity contribution in [1.82, 2.24) is 4.98 Å². The van der Waals surface area contributed by atoms with Gasteiger partial charge in [-0.3, -0.25) is 19.7 Å². The van der Waals surface area contributed by atoms with Gasteiger partial charge in [-0.05, 0) is 18.1 Å². The van der Waals surface area contributed by atoms with E-state index in [9.17, 15) is 19.7 Å². The molecule has 2 rings (SSSR count). The van der Waals surface area contributed by atoms with Gasteiger partial charge < -0.3 is 21.2 Å². The molecular formula is C16H18N4O5. The van der Waals surface area contributed by atoms with Crippen molar-refractivity contribution in [2.45, 2.75) is 13.8 Å². The molecule has 0 bridgehead atoms. The number of rotatable bonds is 6. The number of nitrogens with one attached hydrogen (secondary N) is 1. The number of nitro benzene ring substituents is 1. The van der Waals surface area contributed by atoms with Gasteiger partial charge in [-0.15, -0.1) is 0 Å². The summed E-state index contributed by atoms with van der Waals surface area (Å²) in [5, 5.41) is 11.3. The zero-order valence-corrected chi connectivity index (χ0v) is 13.7. The third-order valence-corrected chi connectivity index (χ3v) is 3.30. The summed E-state index contributed by atoms with van der Waals surface area (Å²) >= 11 is 0. The largest absolute Gasteiger partial charge is 0.487 e. The minimum atomic E-state index is -0.759.